The third kappa shape index (κ3) is 4.13. The number of nitrogens with zero attached hydrogens (tertiary/aromatic N) is 3. The number of carbonyl (C=O) groups is 2. The van der Waals surface area contributed by atoms with Crippen molar-refractivity contribution >= 4 is 17.5 Å². The highest BCUT2D eigenvalue weighted by Gasteiger charge is 2.35. The van der Waals surface area contributed by atoms with Gasteiger partial charge >= 0.3 is 0 Å². The second-order valence-electron chi connectivity index (χ2n) is 6.95. The molecule has 2 aromatic carbocycles. The monoisotopic (exact) mass is 390 g/mol. The third-order valence-electron chi connectivity index (χ3n) is 4.98. The van der Waals surface area contributed by atoms with Crippen LogP contribution in [0.1, 0.15) is 12.0 Å². The minimum absolute atomic E-state index is 0.0599. The number of rotatable bonds is 6. The van der Waals surface area contributed by atoms with Crippen molar-refractivity contribution in [3.05, 3.63) is 72.6 Å². The van der Waals surface area contributed by atoms with Crippen LogP contribution in [0.15, 0.2) is 67.0 Å². The van der Waals surface area contributed by atoms with Gasteiger partial charge in [-0.2, -0.15) is 5.10 Å². The van der Waals surface area contributed by atoms with E-state index in [1.54, 1.807) is 29.0 Å². The number of methoxy groups -OCH3 is 1. The van der Waals surface area contributed by atoms with E-state index < -0.39 is 0 Å². The molecule has 0 radical (unpaired) electrons. The van der Waals surface area contributed by atoms with Crippen molar-refractivity contribution in [2.45, 2.75) is 13.0 Å². The summed E-state index contributed by atoms with van der Waals surface area (Å²) in [5.41, 5.74) is 2.60. The van der Waals surface area contributed by atoms with Crippen LogP contribution in [0.4, 0.5) is 5.69 Å². The second kappa shape index (κ2) is 8.18. The van der Waals surface area contributed by atoms with Crippen molar-refractivity contribution in [3.63, 3.8) is 0 Å². The Morgan fingerprint density at radius 1 is 1.17 bits per heavy atom. The molecule has 7 heteroatoms. The Balaban J connectivity index is 1.36. The Kier molecular flexibility index (Phi) is 5.29. The van der Waals surface area contributed by atoms with Gasteiger partial charge in [0.15, 0.2) is 0 Å². The lowest BCUT2D eigenvalue weighted by Crippen LogP contribution is -2.32. The molecule has 0 spiro atoms. The lowest BCUT2D eigenvalue weighted by molar-refractivity contribution is -0.126. The Morgan fingerprint density at radius 3 is 2.76 bits per heavy atom. The fourth-order valence-electron chi connectivity index (χ4n) is 3.42. The molecule has 0 bridgehead atoms. The van der Waals surface area contributed by atoms with Gasteiger partial charge in [0.1, 0.15) is 5.75 Å². The van der Waals surface area contributed by atoms with Crippen molar-refractivity contribution in [2.24, 2.45) is 5.92 Å². The van der Waals surface area contributed by atoms with E-state index in [0.717, 1.165) is 16.9 Å². The highest BCUT2D eigenvalue weighted by molar-refractivity contribution is 6.00. The number of anilines is 1. The number of benzene rings is 2. The smallest absolute Gasteiger partial charge is 0.227 e. The van der Waals surface area contributed by atoms with Crippen LogP contribution in [0.25, 0.3) is 5.69 Å². The molecule has 4 rings (SSSR count). The first-order valence-corrected chi connectivity index (χ1v) is 9.45. The summed E-state index contributed by atoms with van der Waals surface area (Å²) in [5.74, 6) is 0.114. The average molecular weight is 390 g/mol. The largest absolute Gasteiger partial charge is 0.497 e. The maximum Gasteiger partial charge on any atom is 0.227 e. The molecule has 1 N–H and O–H groups in total. The molecule has 3 aromatic rings. The van der Waals surface area contributed by atoms with Gasteiger partial charge in [0.2, 0.25) is 11.8 Å². The fourth-order valence-corrected chi connectivity index (χ4v) is 3.42. The van der Waals surface area contributed by atoms with Crippen LogP contribution in [-0.4, -0.2) is 35.2 Å². The molecule has 0 saturated carbocycles. The van der Waals surface area contributed by atoms with Crippen molar-refractivity contribution in [1.29, 1.82) is 0 Å². The zero-order valence-electron chi connectivity index (χ0n) is 16.1. The minimum Gasteiger partial charge on any atom is -0.497 e. The third-order valence-corrected chi connectivity index (χ3v) is 4.98. The number of hydrogen-bond acceptors (Lipinski definition) is 4. The number of para-hydroxylation sites is 1. The standard InChI is InChI=1S/C22H22N4O3/c1-29-20-9-5-8-19(11-20)25-15-17(10-21(25)27)22(28)23-12-16-13-24-26(14-16)18-6-3-2-4-7-18/h2-9,11,13-14,17H,10,12,15H2,1H3,(H,23,28)/t17-/m0/s1. The Morgan fingerprint density at radius 2 is 1.97 bits per heavy atom. The van der Waals surface area contributed by atoms with Gasteiger partial charge in [0.05, 0.1) is 24.9 Å². The molecule has 0 aliphatic carbocycles. The molecular formula is C22H22N4O3. The van der Waals surface area contributed by atoms with E-state index in [2.05, 4.69) is 10.4 Å². The van der Waals surface area contributed by atoms with E-state index in [0.29, 0.717) is 18.8 Å². The molecular weight excluding hydrogens is 368 g/mol. The van der Waals surface area contributed by atoms with E-state index >= 15 is 0 Å². The van der Waals surface area contributed by atoms with Gasteiger partial charge < -0.3 is 15.0 Å². The van der Waals surface area contributed by atoms with Crippen molar-refractivity contribution in [1.82, 2.24) is 15.1 Å². The van der Waals surface area contributed by atoms with Crippen LogP contribution in [0.3, 0.4) is 0 Å². The summed E-state index contributed by atoms with van der Waals surface area (Å²) in [7, 11) is 1.58. The minimum atomic E-state index is -0.377. The van der Waals surface area contributed by atoms with Crippen LogP contribution in [0.2, 0.25) is 0 Å². The molecule has 0 unspecified atom stereocenters. The van der Waals surface area contributed by atoms with Gasteiger partial charge in [-0.05, 0) is 24.3 Å². The lowest BCUT2D eigenvalue weighted by Gasteiger charge is -2.17. The maximum atomic E-state index is 12.6. The maximum absolute atomic E-state index is 12.6. The highest BCUT2D eigenvalue weighted by atomic mass is 16.5. The molecule has 1 aliphatic rings. The van der Waals surface area contributed by atoms with Crippen LogP contribution >= 0.6 is 0 Å². The normalized spacial score (nSPS) is 16.1. The van der Waals surface area contributed by atoms with Crippen LogP contribution in [-0.2, 0) is 16.1 Å². The van der Waals surface area contributed by atoms with Gasteiger partial charge in [0, 0.05) is 43.0 Å². The van der Waals surface area contributed by atoms with E-state index in [4.69, 9.17) is 4.74 Å². The van der Waals surface area contributed by atoms with E-state index in [9.17, 15) is 9.59 Å². The first-order chi connectivity index (χ1) is 14.1. The summed E-state index contributed by atoms with van der Waals surface area (Å²) in [5, 5.41) is 7.26. The van der Waals surface area contributed by atoms with Crippen molar-refractivity contribution < 1.29 is 14.3 Å². The van der Waals surface area contributed by atoms with Crippen LogP contribution in [0.5, 0.6) is 5.75 Å². The van der Waals surface area contributed by atoms with E-state index in [1.807, 2.05) is 54.7 Å². The Labute approximate surface area is 168 Å². The lowest BCUT2D eigenvalue weighted by atomic mass is 10.1. The van der Waals surface area contributed by atoms with Gasteiger partial charge in [-0.1, -0.05) is 24.3 Å². The molecule has 148 valence electrons. The highest BCUT2D eigenvalue weighted by Crippen LogP contribution is 2.28. The molecule has 1 atom stereocenters. The molecule has 2 heterocycles. The molecule has 7 nitrogen and oxygen atoms in total. The molecule has 29 heavy (non-hydrogen) atoms. The summed E-state index contributed by atoms with van der Waals surface area (Å²) < 4.78 is 6.99. The van der Waals surface area contributed by atoms with Gasteiger partial charge in [0.25, 0.3) is 0 Å². The Bertz CT molecular complexity index is 1020. The van der Waals surface area contributed by atoms with Crippen LogP contribution < -0.4 is 15.0 Å². The topological polar surface area (TPSA) is 76.5 Å². The van der Waals surface area contributed by atoms with Crippen molar-refractivity contribution in [2.75, 3.05) is 18.6 Å². The summed E-state index contributed by atoms with van der Waals surface area (Å²) in [4.78, 5) is 26.7. The number of ether oxygens (including phenoxy) is 1. The first kappa shape index (κ1) is 18.7. The van der Waals surface area contributed by atoms with Gasteiger partial charge in [-0.25, -0.2) is 4.68 Å². The summed E-state index contributed by atoms with van der Waals surface area (Å²) in [6.45, 7) is 0.733. The molecule has 1 saturated heterocycles. The number of nitrogens with one attached hydrogen (secondary N) is 1. The zero-order valence-corrected chi connectivity index (χ0v) is 16.1. The number of aromatic nitrogens is 2. The molecule has 1 fully saturated rings. The van der Waals surface area contributed by atoms with Gasteiger partial charge in [-0.3, -0.25) is 9.59 Å². The SMILES string of the molecule is COc1cccc(N2C[C@@H](C(=O)NCc3cnn(-c4ccccc4)c3)CC2=O)c1. The summed E-state index contributed by atoms with van der Waals surface area (Å²) in [6, 6.07) is 17.1. The van der Waals surface area contributed by atoms with E-state index in [-0.39, 0.29) is 24.2 Å². The summed E-state index contributed by atoms with van der Waals surface area (Å²) >= 11 is 0. The number of carbonyl (C=O) groups excluding carboxylic acids is 2. The molecule has 2 amide bonds. The van der Waals surface area contributed by atoms with Crippen molar-refractivity contribution in [3.8, 4) is 11.4 Å². The zero-order chi connectivity index (χ0) is 20.2. The molecule has 1 aromatic heterocycles. The average Bonchev–Trinajstić information content (AvgIpc) is 3.39. The molecule has 1 aliphatic heterocycles. The van der Waals surface area contributed by atoms with Gasteiger partial charge in [-0.15, -0.1) is 0 Å². The van der Waals surface area contributed by atoms with Crippen LogP contribution in [0, 0.1) is 5.92 Å². The first-order valence-electron chi connectivity index (χ1n) is 9.45. The Hall–Kier alpha value is -3.61. The predicted molar refractivity (Wildman–Crippen MR) is 109 cm³/mol. The number of amides is 2. The predicted octanol–water partition coefficient (Wildman–Crippen LogP) is 2.55. The number of hydrogen-bond donors (Lipinski definition) is 1. The second-order valence-corrected chi connectivity index (χ2v) is 6.95. The fraction of sp³-hybridized carbons (Fsp3) is 0.227. The summed E-state index contributed by atoms with van der Waals surface area (Å²) in [6.07, 6.45) is 3.82. The van der Waals surface area contributed by atoms with E-state index in [1.165, 1.54) is 0 Å². The quantitative estimate of drug-likeness (QED) is 0.702.